The zero-order chi connectivity index (χ0) is 14.2. The van der Waals surface area contributed by atoms with Gasteiger partial charge in [-0.25, -0.2) is 9.37 Å². The Kier molecular flexibility index (Phi) is 3.51. The molecule has 0 unspecified atom stereocenters. The maximum atomic E-state index is 13.3. The first-order valence-electron chi connectivity index (χ1n) is 6.27. The van der Waals surface area contributed by atoms with Gasteiger partial charge in [0, 0.05) is 16.8 Å². The van der Waals surface area contributed by atoms with Crippen LogP contribution in [0, 0.1) is 19.7 Å². The van der Waals surface area contributed by atoms with Crippen LogP contribution in [0.25, 0.3) is 11.4 Å². The highest BCUT2D eigenvalue weighted by molar-refractivity contribution is 5.60. The molecule has 0 saturated carbocycles. The third kappa shape index (κ3) is 2.57. The lowest BCUT2D eigenvalue weighted by atomic mass is 10.0. The number of H-pyrrole nitrogens is 1. The van der Waals surface area contributed by atoms with E-state index in [4.69, 9.17) is 0 Å². The quantitative estimate of drug-likeness (QED) is 0.900. The number of halogens is 1. The van der Waals surface area contributed by atoms with Crippen molar-refractivity contribution in [2.45, 2.75) is 33.6 Å². The van der Waals surface area contributed by atoms with Crippen molar-refractivity contribution in [3.8, 4) is 11.4 Å². The van der Waals surface area contributed by atoms with Gasteiger partial charge in [-0.15, -0.1) is 0 Å². The number of nitrogens with one attached hydrogen (secondary N) is 1. The van der Waals surface area contributed by atoms with Crippen LogP contribution in [0.5, 0.6) is 0 Å². The molecule has 100 valence electrons. The lowest BCUT2D eigenvalue weighted by Crippen LogP contribution is -2.18. The molecule has 0 bridgehead atoms. The Morgan fingerprint density at radius 3 is 2.53 bits per heavy atom. The van der Waals surface area contributed by atoms with Crippen molar-refractivity contribution < 1.29 is 4.39 Å². The molecule has 4 heteroatoms. The molecule has 1 heterocycles. The van der Waals surface area contributed by atoms with Gasteiger partial charge in [-0.2, -0.15) is 0 Å². The SMILES string of the molecule is Cc1ccc(F)cc1-c1nc(C)c(C(C)C)c(=O)[nH]1. The molecule has 0 spiro atoms. The fourth-order valence-corrected chi connectivity index (χ4v) is 2.25. The van der Waals surface area contributed by atoms with Crippen LogP contribution in [0.2, 0.25) is 0 Å². The van der Waals surface area contributed by atoms with Crippen molar-refractivity contribution in [1.82, 2.24) is 9.97 Å². The Hall–Kier alpha value is -1.97. The summed E-state index contributed by atoms with van der Waals surface area (Å²) in [4.78, 5) is 19.2. The van der Waals surface area contributed by atoms with Gasteiger partial charge in [-0.3, -0.25) is 4.79 Å². The first-order chi connectivity index (χ1) is 8.90. The van der Waals surface area contributed by atoms with Crippen LogP contribution < -0.4 is 5.56 Å². The van der Waals surface area contributed by atoms with Crippen LogP contribution in [0.4, 0.5) is 4.39 Å². The summed E-state index contributed by atoms with van der Waals surface area (Å²) in [5.41, 5.74) is 2.72. The third-order valence-electron chi connectivity index (χ3n) is 3.18. The first-order valence-corrected chi connectivity index (χ1v) is 6.27. The largest absolute Gasteiger partial charge is 0.306 e. The van der Waals surface area contributed by atoms with Gasteiger partial charge < -0.3 is 4.98 Å². The van der Waals surface area contributed by atoms with E-state index in [0.29, 0.717) is 22.6 Å². The number of aryl methyl sites for hydroxylation is 2. The molecule has 3 nitrogen and oxygen atoms in total. The van der Waals surface area contributed by atoms with Gasteiger partial charge in [0.05, 0.1) is 0 Å². The van der Waals surface area contributed by atoms with E-state index in [0.717, 1.165) is 5.56 Å². The minimum absolute atomic E-state index is 0.110. The summed E-state index contributed by atoms with van der Waals surface area (Å²) in [5, 5.41) is 0. The summed E-state index contributed by atoms with van der Waals surface area (Å²) in [5.74, 6) is 0.191. The zero-order valence-electron chi connectivity index (χ0n) is 11.5. The second kappa shape index (κ2) is 4.96. The predicted molar refractivity (Wildman–Crippen MR) is 73.8 cm³/mol. The van der Waals surface area contributed by atoms with E-state index >= 15 is 0 Å². The summed E-state index contributed by atoms with van der Waals surface area (Å²) in [6.45, 7) is 7.57. The zero-order valence-corrected chi connectivity index (χ0v) is 11.5. The molecule has 0 atom stereocenters. The smallest absolute Gasteiger partial charge is 0.254 e. The monoisotopic (exact) mass is 260 g/mol. The molecular formula is C15H17FN2O. The van der Waals surface area contributed by atoms with Gasteiger partial charge in [-0.1, -0.05) is 19.9 Å². The topological polar surface area (TPSA) is 45.8 Å². The summed E-state index contributed by atoms with van der Waals surface area (Å²) in [6.07, 6.45) is 0. The molecule has 0 fully saturated rings. The molecule has 0 aliphatic rings. The Morgan fingerprint density at radius 2 is 1.95 bits per heavy atom. The Balaban J connectivity index is 2.65. The van der Waals surface area contributed by atoms with Gasteiger partial charge in [0.1, 0.15) is 11.6 Å². The van der Waals surface area contributed by atoms with E-state index in [1.54, 1.807) is 6.07 Å². The van der Waals surface area contributed by atoms with Crippen LogP contribution in [0.3, 0.4) is 0 Å². The Morgan fingerprint density at radius 1 is 1.26 bits per heavy atom. The van der Waals surface area contributed by atoms with Crippen LogP contribution >= 0.6 is 0 Å². The van der Waals surface area contributed by atoms with Crippen molar-refractivity contribution in [2.24, 2.45) is 0 Å². The number of hydrogen-bond acceptors (Lipinski definition) is 2. The van der Waals surface area contributed by atoms with E-state index in [9.17, 15) is 9.18 Å². The van der Waals surface area contributed by atoms with Crippen LogP contribution in [0.15, 0.2) is 23.0 Å². The van der Waals surface area contributed by atoms with Gasteiger partial charge in [0.15, 0.2) is 0 Å². The number of hydrogen-bond donors (Lipinski definition) is 1. The van der Waals surface area contributed by atoms with Crippen molar-refractivity contribution in [2.75, 3.05) is 0 Å². The minimum Gasteiger partial charge on any atom is -0.306 e. The van der Waals surface area contributed by atoms with Crippen LogP contribution in [-0.2, 0) is 0 Å². The average Bonchev–Trinajstić information content (AvgIpc) is 2.30. The normalized spacial score (nSPS) is 11.1. The standard InChI is InChI=1S/C15H17FN2O/c1-8(2)13-10(4)17-14(18-15(13)19)12-7-11(16)6-5-9(12)3/h5-8H,1-4H3,(H,17,18,19). The molecule has 0 aliphatic carbocycles. The fourth-order valence-electron chi connectivity index (χ4n) is 2.25. The highest BCUT2D eigenvalue weighted by Gasteiger charge is 2.13. The summed E-state index contributed by atoms with van der Waals surface area (Å²) in [6, 6.07) is 4.46. The molecule has 0 radical (unpaired) electrons. The second-order valence-corrected chi connectivity index (χ2v) is 5.03. The van der Waals surface area contributed by atoms with E-state index in [-0.39, 0.29) is 17.3 Å². The molecule has 2 aromatic rings. The van der Waals surface area contributed by atoms with Crippen LogP contribution in [-0.4, -0.2) is 9.97 Å². The second-order valence-electron chi connectivity index (χ2n) is 5.03. The van der Waals surface area contributed by atoms with E-state index in [2.05, 4.69) is 9.97 Å². The molecular weight excluding hydrogens is 243 g/mol. The summed E-state index contributed by atoms with van der Waals surface area (Å²) < 4.78 is 13.3. The van der Waals surface area contributed by atoms with Gasteiger partial charge >= 0.3 is 0 Å². The average molecular weight is 260 g/mol. The summed E-state index contributed by atoms with van der Waals surface area (Å²) >= 11 is 0. The van der Waals surface area contributed by atoms with Crippen LogP contribution in [0.1, 0.15) is 36.6 Å². The number of benzene rings is 1. The number of rotatable bonds is 2. The van der Waals surface area contributed by atoms with E-state index < -0.39 is 0 Å². The van der Waals surface area contributed by atoms with Gasteiger partial charge in [-0.05, 0) is 37.5 Å². The van der Waals surface area contributed by atoms with E-state index in [1.807, 2.05) is 27.7 Å². The lowest BCUT2D eigenvalue weighted by Gasteiger charge is -2.11. The lowest BCUT2D eigenvalue weighted by molar-refractivity contribution is 0.627. The minimum atomic E-state index is -0.339. The van der Waals surface area contributed by atoms with Crippen molar-refractivity contribution in [3.63, 3.8) is 0 Å². The van der Waals surface area contributed by atoms with Crippen molar-refractivity contribution >= 4 is 0 Å². The third-order valence-corrected chi connectivity index (χ3v) is 3.18. The Labute approximate surface area is 111 Å². The maximum absolute atomic E-state index is 13.3. The summed E-state index contributed by atoms with van der Waals surface area (Å²) in [7, 11) is 0. The molecule has 2 rings (SSSR count). The molecule has 0 aliphatic heterocycles. The molecule has 19 heavy (non-hydrogen) atoms. The predicted octanol–water partition coefficient (Wildman–Crippen LogP) is 3.32. The molecule has 0 saturated heterocycles. The van der Waals surface area contributed by atoms with Gasteiger partial charge in [0.25, 0.3) is 5.56 Å². The first kappa shape index (κ1) is 13.5. The highest BCUT2D eigenvalue weighted by Crippen LogP contribution is 2.22. The van der Waals surface area contributed by atoms with Crippen molar-refractivity contribution in [1.29, 1.82) is 0 Å². The fraction of sp³-hybridized carbons (Fsp3) is 0.333. The molecule has 1 N–H and O–H groups in total. The Bertz CT molecular complexity index is 674. The number of aromatic nitrogens is 2. The number of aromatic amines is 1. The van der Waals surface area contributed by atoms with Gasteiger partial charge in [0.2, 0.25) is 0 Å². The van der Waals surface area contributed by atoms with E-state index in [1.165, 1.54) is 12.1 Å². The molecule has 1 aromatic carbocycles. The molecule has 1 aromatic heterocycles. The highest BCUT2D eigenvalue weighted by atomic mass is 19.1. The maximum Gasteiger partial charge on any atom is 0.254 e. The van der Waals surface area contributed by atoms with Crippen molar-refractivity contribution in [3.05, 3.63) is 51.2 Å². The number of nitrogens with zero attached hydrogens (tertiary/aromatic N) is 1. The molecule has 0 amide bonds.